The van der Waals surface area contributed by atoms with Crippen molar-refractivity contribution in [1.82, 2.24) is 4.90 Å². The zero-order valence-corrected chi connectivity index (χ0v) is 13.1. The number of aliphatic hydroxyl groups is 1. The molecule has 4 nitrogen and oxygen atoms in total. The summed E-state index contributed by atoms with van der Waals surface area (Å²) in [5, 5.41) is 10.8. The van der Waals surface area contributed by atoms with Crippen LogP contribution in [-0.2, 0) is 9.59 Å². The number of amides is 2. The Morgan fingerprint density at radius 3 is 2.29 bits per heavy atom. The fourth-order valence-corrected chi connectivity index (χ4v) is 2.94. The molecule has 0 radical (unpaired) electrons. The largest absolute Gasteiger partial charge is 0.387 e. The number of carbonyl (C=O) groups excluding carboxylic acids is 2. The number of rotatable bonds is 5. The average molecular weight is 310 g/mol. The molecule has 1 aromatic rings. The zero-order chi connectivity index (χ0) is 15.6. The quantitative estimate of drug-likeness (QED) is 0.851. The van der Waals surface area contributed by atoms with Crippen LogP contribution in [0, 0.1) is 5.41 Å². The molecule has 0 bridgehead atoms. The lowest BCUT2D eigenvalue weighted by Gasteiger charge is -2.24. The second kappa shape index (κ2) is 6.16. The molecule has 2 amide bonds. The molecule has 0 aromatic heterocycles. The number of β-amino-alcohol motifs (C(OH)–C–C–N with tert-alkyl or cyclic N) is 1. The van der Waals surface area contributed by atoms with Crippen molar-refractivity contribution in [3.8, 4) is 0 Å². The average Bonchev–Trinajstić information content (AvgIpc) is 2.72. The van der Waals surface area contributed by atoms with Gasteiger partial charge in [-0.25, -0.2) is 0 Å². The smallest absolute Gasteiger partial charge is 0.235 e. The predicted molar refractivity (Wildman–Crippen MR) is 80.8 cm³/mol. The Hall–Kier alpha value is -1.39. The third-order valence-electron chi connectivity index (χ3n) is 4.45. The van der Waals surface area contributed by atoms with Crippen molar-refractivity contribution >= 4 is 23.4 Å². The normalized spacial score (nSPS) is 19.1. The Balaban J connectivity index is 2.14. The molecule has 0 aliphatic carbocycles. The van der Waals surface area contributed by atoms with E-state index >= 15 is 0 Å². The molecule has 114 valence electrons. The number of hydrogen-bond donors (Lipinski definition) is 1. The number of aliphatic hydroxyl groups excluding tert-OH is 1. The first-order chi connectivity index (χ1) is 9.93. The van der Waals surface area contributed by atoms with Crippen LogP contribution in [0.25, 0.3) is 0 Å². The molecule has 5 heteroatoms. The lowest BCUT2D eigenvalue weighted by Crippen LogP contribution is -2.37. The van der Waals surface area contributed by atoms with Crippen molar-refractivity contribution in [3.05, 3.63) is 34.9 Å². The SMILES string of the molecule is CCC1(CC)CC(=O)N(C[C@H](O)c2ccc(Cl)cc2)C1=O. The zero-order valence-electron chi connectivity index (χ0n) is 12.3. The molecular weight excluding hydrogens is 290 g/mol. The Morgan fingerprint density at radius 1 is 1.24 bits per heavy atom. The van der Waals surface area contributed by atoms with Crippen LogP contribution in [0.5, 0.6) is 0 Å². The summed E-state index contributed by atoms with van der Waals surface area (Å²) in [6, 6.07) is 6.75. The van der Waals surface area contributed by atoms with Gasteiger partial charge in [0.15, 0.2) is 0 Å². The molecular formula is C16H20ClNO3. The highest BCUT2D eigenvalue weighted by atomic mass is 35.5. The highest BCUT2D eigenvalue weighted by Crippen LogP contribution is 2.39. The number of carbonyl (C=O) groups is 2. The van der Waals surface area contributed by atoms with Crippen LogP contribution in [0.15, 0.2) is 24.3 Å². The van der Waals surface area contributed by atoms with Gasteiger partial charge in [0.2, 0.25) is 11.8 Å². The maximum atomic E-state index is 12.5. The van der Waals surface area contributed by atoms with Gasteiger partial charge in [-0.05, 0) is 30.5 Å². The van der Waals surface area contributed by atoms with Gasteiger partial charge in [-0.3, -0.25) is 14.5 Å². The minimum atomic E-state index is -0.889. The molecule has 1 aliphatic rings. The maximum absolute atomic E-state index is 12.5. The minimum absolute atomic E-state index is 0.00104. The summed E-state index contributed by atoms with van der Waals surface area (Å²) in [4.78, 5) is 25.8. The molecule has 1 aromatic carbocycles. The monoisotopic (exact) mass is 309 g/mol. The molecule has 0 unspecified atom stereocenters. The van der Waals surface area contributed by atoms with E-state index in [1.54, 1.807) is 24.3 Å². The molecule has 0 spiro atoms. The Kier molecular flexibility index (Phi) is 4.69. The van der Waals surface area contributed by atoms with Crippen LogP contribution < -0.4 is 0 Å². The molecule has 1 N–H and O–H groups in total. The van der Waals surface area contributed by atoms with E-state index in [-0.39, 0.29) is 24.8 Å². The number of halogens is 1. The summed E-state index contributed by atoms with van der Waals surface area (Å²) in [6.07, 6.45) is 0.634. The summed E-state index contributed by atoms with van der Waals surface area (Å²) < 4.78 is 0. The topological polar surface area (TPSA) is 57.6 Å². The summed E-state index contributed by atoms with van der Waals surface area (Å²) in [5.74, 6) is -0.359. The van der Waals surface area contributed by atoms with E-state index in [2.05, 4.69) is 0 Å². The molecule has 2 rings (SSSR count). The van der Waals surface area contributed by atoms with Crippen molar-refractivity contribution in [3.63, 3.8) is 0 Å². The number of imide groups is 1. The van der Waals surface area contributed by atoms with E-state index in [1.807, 2.05) is 13.8 Å². The Morgan fingerprint density at radius 2 is 1.81 bits per heavy atom. The highest BCUT2D eigenvalue weighted by molar-refractivity contribution is 6.30. The van der Waals surface area contributed by atoms with Crippen molar-refractivity contribution in [2.24, 2.45) is 5.41 Å². The van der Waals surface area contributed by atoms with Crippen molar-refractivity contribution in [2.75, 3.05) is 6.54 Å². The van der Waals surface area contributed by atoms with Gasteiger partial charge in [0.25, 0.3) is 0 Å². The van der Waals surface area contributed by atoms with Crippen LogP contribution in [0.2, 0.25) is 5.02 Å². The van der Waals surface area contributed by atoms with E-state index in [9.17, 15) is 14.7 Å². The summed E-state index contributed by atoms with van der Waals surface area (Å²) in [5.41, 5.74) is 0.0575. The number of benzene rings is 1. The van der Waals surface area contributed by atoms with Crippen LogP contribution >= 0.6 is 11.6 Å². The fourth-order valence-electron chi connectivity index (χ4n) is 2.81. The molecule has 21 heavy (non-hydrogen) atoms. The van der Waals surface area contributed by atoms with Gasteiger partial charge in [-0.1, -0.05) is 37.6 Å². The summed E-state index contributed by atoms with van der Waals surface area (Å²) >= 11 is 5.81. The molecule has 1 saturated heterocycles. The summed E-state index contributed by atoms with van der Waals surface area (Å²) in [7, 11) is 0. The summed E-state index contributed by atoms with van der Waals surface area (Å²) in [6.45, 7) is 3.85. The maximum Gasteiger partial charge on any atom is 0.235 e. The first-order valence-corrected chi connectivity index (χ1v) is 7.59. The van der Waals surface area contributed by atoms with Crippen LogP contribution in [0.4, 0.5) is 0 Å². The van der Waals surface area contributed by atoms with Gasteiger partial charge in [0, 0.05) is 11.4 Å². The first kappa shape index (κ1) is 16.0. The van der Waals surface area contributed by atoms with Gasteiger partial charge >= 0.3 is 0 Å². The minimum Gasteiger partial charge on any atom is -0.387 e. The second-order valence-corrected chi connectivity index (χ2v) is 5.98. The predicted octanol–water partition coefficient (Wildman–Crippen LogP) is 2.94. The van der Waals surface area contributed by atoms with E-state index in [0.29, 0.717) is 23.4 Å². The lowest BCUT2D eigenvalue weighted by atomic mass is 9.81. The van der Waals surface area contributed by atoms with Gasteiger partial charge in [-0.15, -0.1) is 0 Å². The molecule has 1 atom stereocenters. The van der Waals surface area contributed by atoms with E-state index < -0.39 is 11.5 Å². The number of hydrogen-bond acceptors (Lipinski definition) is 3. The third-order valence-corrected chi connectivity index (χ3v) is 4.71. The van der Waals surface area contributed by atoms with Crippen LogP contribution in [0.3, 0.4) is 0 Å². The fraction of sp³-hybridized carbons (Fsp3) is 0.500. The van der Waals surface area contributed by atoms with Crippen LogP contribution in [0.1, 0.15) is 44.8 Å². The van der Waals surface area contributed by atoms with Gasteiger partial charge in [0.05, 0.1) is 18.1 Å². The molecule has 1 fully saturated rings. The Labute approximate surface area is 129 Å². The molecule has 1 aliphatic heterocycles. The van der Waals surface area contributed by atoms with Crippen LogP contribution in [-0.4, -0.2) is 28.4 Å². The van der Waals surface area contributed by atoms with Gasteiger partial charge < -0.3 is 5.11 Å². The molecule has 0 saturated carbocycles. The second-order valence-electron chi connectivity index (χ2n) is 5.54. The van der Waals surface area contributed by atoms with E-state index in [4.69, 9.17) is 11.6 Å². The van der Waals surface area contributed by atoms with Gasteiger partial charge in [0.1, 0.15) is 0 Å². The Bertz CT molecular complexity index is 537. The third kappa shape index (κ3) is 2.97. The van der Waals surface area contributed by atoms with E-state index in [0.717, 1.165) is 0 Å². The first-order valence-electron chi connectivity index (χ1n) is 7.22. The van der Waals surface area contributed by atoms with E-state index in [1.165, 1.54) is 4.90 Å². The lowest BCUT2D eigenvalue weighted by molar-refractivity contribution is -0.143. The number of nitrogens with zero attached hydrogens (tertiary/aromatic N) is 1. The van der Waals surface area contributed by atoms with Crippen molar-refractivity contribution in [2.45, 2.75) is 39.2 Å². The highest BCUT2D eigenvalue weighted by Gasteiger charge is 2.49. The number of likely N-dealkylation sites (tertiary alicyclic amines) is 1. The standard InChI is InChI=1S/C16H20ClNO3/c1-3-16(4-2)9-14(20)18(15(16)21)10-13(19)11-5-7-12(17)8-6-11/h5-8,13,19H,3-4,9-10H2,1-2H3/t13-/m0/s1. The van der Waals surface area contributed by atoms with Gasteiger partial charge in [-0.2, -0.15) is 0 Å². The van der Waals surface area contributed by atoms with Crippen molar-refractivity contribution in [1.29, 1.82) is 0 Å². The molecule has 1 heterocycles. The van der Waals surface area contributed by atoms with Crippen molar-refractivity contribution < 1.29 is 14.7 Å².